The molecule has 0 fully saturated rings. The standard InChI is InChI=1S/C23H19FN4O4/c1-32-20-10-9-16(12-18(20)26-22(30)14-5-4-6-15(24)11-14)25-21(29)13-28-19-8-3-2-7-17(19)27-23(28)31/h2-12H,13H2,1H3,(H,25,29)(H,26,30)(H,27,31). The first-order valence-corrected chi connectivity index (χ1v) is 9.67. The second kappa shape index (κ2) is 8.76. The zero-order valence-corrected chi connectivity index (χ0v) is 17.0. The predicted molar refractivity (Wildman–Crippen MR) is 119 cm³/mol. The lowest BCUT2D eigenvalue weighted by Gasteiger charge is -2.13. The Balaban J connectivity index is 1.53. The van der Waals surface area contributed by atoms with Gasteiger partial charge in [-0.3, -0.25) is 14.2 Å². The SMILES string of the molecule is COc1ccc(NC(=O)Cn2c(=O)[nH]c3ccccc32)cc1NC(=O)c1cccc(F)c1. The summed E-state index contributed by atoms with van der Waals surface area (Å²) in [6.45, 7) is -0.195. The number of nitrogens with one attached hydrogen (secondary N) is 3. The number of aromatic nitrogens is 2. The van der Waals surface area contributed by atoms with Gasteiger partial charge in [0.25, 0.3) is 5.91 Å². The number of ether oxygens (including phenoxy) is 1. The van der Waals surface area contributed by atoms with Gasteiger partial charge < -0.3 is 20.4 Å². The van der Waals surface area contributed by atoms with Crippen LogP contribution in [0, 0.1) is 5.82 Å². The van der Waals surface area contributed by atoms with E-state index in [-0.39, 0.29) is 17.8 Å². The van der Waals surface area contributed by atoms with Crippen molar-refractivity contribution in [3.63, 3.8) is 0 Å². The molecule has 9 heteroatoms. The van der Waals surface area contributed by atoms with Gasteiger partial charge >= 0.3 is 5.69 Å². The van der Waals surface area contributed by atoms with Gasteiger partial charge in [-0.15, -0.1) is 0 Å². The van der Waals surface area contributed by atoms with Crippen molar-refractivity contribution >= 4 is 34.2 Å². The molecular weight excluding hydrogens is 415 g/mol. The number of fused-ring (bicyclic) bond motifs is 1. The topological polar surface area (TPSA) is 105 Å². The molecule has 4 aromatic rings. The van der Waals surface area contributed by atoms with Crippen LogP contribution < -0.4 is 21.1 Å². The van der Waals surface area contributed by atoms with E-state index in [9.17, 15) is 18.8 Å². The molecule has 4 rings (SSSR count). The number of aromatic amines is 1. The summed E-state index contributed by atoms with van der Waals surface area (Å²) in [6, 6.07) is 17.0. The summed E-state index contributed by atoms with van der Waals surface area (Å²) in [5.41, 5.74) is 1.68. The highest BCUT2D eigenvalue weighted by molar-refractivity contribution is 6.05. The fourth-order valence-electron chi connectivity index (χ4n) is 3.32. The average Bonchev–Trinajstić information content (AvgIpc) is 3.09. The Labute approximate surface area is 181 Å². The number of carbonyl (C=O) groups is 2. The Bertz CT molecular complexity index is 1380. The third-order valence-electron chi connectivity index (χ3n) is 4.80. The van der Waals surface area contributed by atoms with E-state index >= 15 is 0 Å². The highest BCUT2D eigenvalue weighted by Gasteiger charge is 2.14. The number of imidazole rings is 1. The maximum atomic E-state index is 13.4. The fourth-order valence-corrected chi connectivity index (χ4v) is 3.32. The van der Waals surface area contributed by atoms with E-state index in [2.05, 4.69) is 15.6 Å². The molecule has 3 aromatic carbocycles. The van der Waals surface area contributed by atoms with Crippen LogP contribution in [-0.4, -0.2) is 28.5 Å². The first kappa shape index (κ1) is 20.9. The maximum Gasteiger partial charge on any atom is 0.326 e. The second-order valence-corrected chi connectivity index (χ2v) is 6.96. The second-order valence-electron chi connectivity index (χ2n) is 6.96. The largest absolute Gasteiger partial charge is 0.495 e. The van der Waals surface area contributed by atoms with Gasteiger partial charge in [-0.05, 0) is 48.5 Å². The summed E-state index contributed by atoms with van der Waals surface area (Å²) >= 11 is 0. The van der Waals surface area contributed by atoms with Crippen LogP contribution in [-0.2, 0) is 11.3 Å². The Morgan fingerprint density at radius 3 is 2.62 bits per heavy atom. The van der Waals surface area contributed by atoms with E-state index in [1.807, 2.05) is 0 Å². The molecule has 2 amide bonds. The predicted octanol–water partition coefficient (Wildman–Crippen LogP) is 3.37. The summed E-state index contributed by atoms with van der Waals surface area (Å²) in [5, 5.41) is 5.36. The van der Waals surface area contributed by atoms with Gasteiger partial charge in [-0.1, -0.05) is 18.2 Å². The van der Waals surface area contributed by atoms with Crippen molar-refractivity contribution in [2.45, 2.75) is 6.54 Å². The van der Waals surface area contributed by atoms with Crippen LogP contribution in [0.4, 0.5) is 15.8 Å². The molecule has 162 valence electrons. The molecule has 0 atom stereocenters. The zero-order chi connectivity index (χ0) is 22.7. The lowest BCUT2D eigenvalue weighted by molar-refractivity contribution is -0.116. The van der Waals surface area contributed by atoms with E-state index in [4.69, 9.17) is 4.74 Å². The third kappa shape index (κ3) is 4.36. The minimum Gasteiger partial charge on any atom is -0.495 e. The lowest BCUT2D eigenvalue weighted by Crippen LogP contribution is -2.25. The van der Waals surface area contributed by atoms with Crippen molar-refractivity contribution in [3.8, 4) is 5.75 Å². The molecule has 0 saturated heterocycles. The minimum atomic E-state index is -0.531. The lowest BCUT2D eigenvalue weighted by atomic mass is 10.2. The number of halogens is 1. The van der Waals surface area contributed by atoms with Crippen molar-refractivity contribution in [1.29, 1.82) is 0 Å². The smallest absolute Gasteiger partial charge is 0.326 e. The number of methoxy groups -OCH3 is 1. The number of benzene rings is 3. The van der Waals surface area contributed by atoms with Crippen molar-refractivity contribution in [2.75, 3.05) is 17.7 Å². The highest BCUT2D eigenvalue weighted by atomic mass is 19.1. The molecular formula is C23H19FN4O4. The van der Waals surface area contributed by atoms with E-state index < -0.39 is 17.6 Å². The first-order chi connectivity index (χ1) is 15.4. The Kier molecular flexibility index (Phi) is 5.71. The van der Waals surface area contributed by atoms with Crippen LogP contribution in [0.25, 0.3) is 11.0 Å². The molecule has 0 bridgehead atoms. The summed E-state index contributed by atoms with van der Waals surface area (Å²) < 4.78 is 20.0. The van der Waals surface area contributed by atoms with Crippen LogP contribution in [0.3, 0.4) is 0 Å². The monoisotopic (exact) mass is 434 g/mol. The number of anilines is 2. The maximum absolute atomic E-state index is 13.4. The van der Waals surface area contributed by atoms with E-state index in [0.29, 0.717) is 28.2 Å². The summed E-state index contributed by atoms with van der Waals surface area (Å²) in [5.74, 6) is -1.13. The quantitative estimate of drug-likeness (QED) is 0.433. The van der Waals surface area contributed by atoms with Crippen LogP contribution in [0.15, 0.2) is 71.5 Å². The summed E-state index contributed by atoms with van der Waals surface area (Å²) in [4.78, 5) is 39.9. The van der Waals surface area contributed by atoms with Crippen LogP contribution in [0.5, 0.6) is 5.75 Å². The fraction of sp³-hybridized carbons (Fsp3) is 0.0870. The molecule has 0 aliphatic heterocycles. The molecule has 0 aliphatic carbocycles. The van der Waals surface area contributed by atoms with E-state index in [0.717, 1.165) is 6.07 Å². The molecule has 8 nitrogen and oxygen atoms in total. The van der Waals surface area contributed by atoms with Gasteiger partial charge in [0.05, 0.1) is 23.8 Å². The molecule has 0 spiro atoms. The number of para-hydroxylation sites is 2. The highest BCUT2D eigenvalue weighted by Crippen LogP contribution is 2.28. The summed E-state index contributed by atoms with van der Waals surface area (Å²) in [7, 11) is 1.44. The normalized spacial score (nSPS) is 10.7. The molecule has 0 saturated carbocycles. The van der Waals surface area contributed by atoms with Gasteiger partial charge in [0, 0.05) is 11.3 Å². The van der Waals surface area contributed by atoms with Crippen LogP contribution in [0.1, 0.15) is 10.4 Å². The number of H-pyrrole nitrogens is 1. The Hall–Kier alpha value is -4.40. The average molecular weight is 434 g/mol. The van der Waals surface area contributed by atoms with Gasteiger partial charge in [-0.2, -0.15) is 0 Å². The van der Waals surface area contributed by atoms with Crippen LogP contribution >= 0.6 is 0 Å². The number of rotatable bonds is 6. The van der Waals surface area contributed by atoms with Gasteiger partial charge in [0.1, 0.15) is 18.1 Å². The van der Waals surface area contributed by atoms with Gasteiger partial charge in [0.15, 0.2) is 0 Å². The number of carbonyl (C=O) groups excluding carboxylic acids is 2. The molecule has 0 aliphatic rings. The minimum absolute atomic E-state index is 0.139. The molecule has 0 unspecified atom stereocenters. The van der Waals surface area contributed by atoms with Crippen molar-refractivity contribution in [1.82, 2.24) is 9.55 Å². The van der Waals surface area contributed by atoms with Crippen LogP contribution in [0.2, 0.25) is 0 Å². The van der Waals surface area contributed by atoms with E-state index in [1.54, 1.807) is 36.4 Å². The molecule has 1 aromatic heterocycles. The number of hydrogen-bond donors (Lipinski definition) is 3. The van der Waals surface area contributed by atoms with Gasteiger partial charge in [-0.25, -0.2) is 9.18 Å². The molecule has 0 radical (unpaired) electrons. The van der Waals surface area contributed by atoms with Crippen molar-refractivity contribution in [3.05, 3.63) is 88.6 Å². The Morgan fingerprint density at radius 2 is 1.84 bits per heavy atom. The first-order valence-electron chi connectivity index (χ1n) is 9.67. The third-order valence-corrected chi connectivity index (χ3v) is 4.80. The Morgan fingerprint density at radius 1 is 1.03 bits per heavy atom. The number of amides is 2. The van der Waals surface area contributed by atoms with E-state index in [1.165, 1.54) is 35.9 Å². The zero-order valence-electron chi connectivity index (χ0n) is 17.0. The molecule has 32 heavy (non-hydrogen) atoms. The van der Waals surface area contributed by atoms with Gasteiger partial charge in [0.2, 0.25) is 5.91 Å². The molecule has 3 N–H and O–H groups in total. The number of nitrogens with zero attached hydrogens (tertiary/aromatic N) is 1. The number of hydrogen-bond acceptors (Lipinski definition) is 4. The molecule has 1 heterocycles. The summed E-state index contributed by atoms with van der Waals surface area (Å²) in [6.07, 6.45) is 0. The van der Waals surface area contributed by atoms with Crippen molar-refractivity contribution < 1.29 is 18.7 Å². The van der Waals surface area contributed by atoms with Crippen molar-refractivity contribution in [2.24, 2.45) is 0 Å².